The predicted molar refractivity (Wildman–Crippen MR) is 100 cm³/mol. The Balaban J connectivity index is 0.000000224. The van der Waals surface area contributed by atoms with Crippen LogP contribution in [0.5, 0.6) is 0 Å². The zero-order valence-electron chi connectivity index (χ0n) is 12.2. The quantitative estimate of drug-likeness (QED) is 0.481. The fourth-order valence-corrected chi connectivity index (χ4v) is 2.08. The van der Waals surface area contributed by atoms with E-state index in [0.29, 0.717) is 5.46 Å². The van der Waals surface area contributed by atoms with Crippen LogP contribution in [-0.4, -0.2) is 32.6 Å². The lowest BCUT2D eigenvalue weighted by atomic mass is 9.81. The molecule has 2 heterocycles. The van der Waals surface area contributed by atoms with Gasteiger partial charge in [0.2, 0.25) is 0 Å². The molecule has 0 bridgehead atoms. The van der Waals surface area contributed by atoms with E-state index < -0.39 is 7.12 Å². The summed E-state index contributed by atoms with van der Waals surface area (Å²) in [6.07, 6.45) is 7.15. The zero-order valence-corrected chi connectivity index (χ0v) is 14.3. The monoisotopic (exact) mass is 422 g/mol. The van der Waals surface area contributed by atoms with Gasteiger partial charge in [-0.05, 0) is 75.6 Å². The molecule has 4 N–H and O–H groups in total. The lowest BCUT2D eigenvalue weighted by Crippen LogP contribution is -2.29. The third-order valence-corrected chi connectivity index (χ3v) is 3.58. The van der Waals surface area contributed by atoms with E-state index in [1.807, 2.05) is 36.4 Å². The molecule has 0 aliphatic rings. The van der Waals surface area contributed by atoms with Gasteiger partial charge in [-0.1, -0.05) is 12.1 Å². The van der Waals surface area contributed by atoms with Gasteiger partial charge in [0.15, 0.2) is 0 Å². The van der Waals surface area contributed by atoms with E-state index in [0.717, 1.165) is 3.57 Å². The van der Waals surface area contributed by atoms with Crippen molar-refractivity contribution in [2.24, 2.45) is 0 Å². The number of halogens is 1. The van der Waals surface area contributed by atoms with Crippen molar-refractivity contribution in [1.29, 1.82) is 0 Å². The average Bonchev–Trinajstić information content (AvgIpc) is 2.57. The molecule has 0 aliphatic heterocycles. The van der Waals surface area contributed by atoms with Crippen molar-refractivity contribution in [1.82, 2.24) is 9.97 Å². The van der Waals surface area contributed by atoms with Crippen LogP contribution in [0, 0.1) is 3.57 Å². The number of rotatable bonds is 2. The van der Waals surface area contributed by atoms with Crippen LogP contribution in [-0.2, 0) is 0 Å². The summed E-state index contributed by atoms with van der Waals surface area (Å²) in [6, 6.07) is 15.0. The second kappa shape index (κ2) is 10.1. The maximum atomic E-state index is 8.67. The van der Waals surface area contributed by atoms with Crippen molar-refractivity contribution in [2.75, 3.05) is 0 Å². The largest absolute Gasteiger partial charge is 0.488 e. The van der Waals surface area contributed by atoms with Gasteiger partial charge in [-0.3, -0.25) is 9.97 Å². The number of hydrogen-bond donors (Lipinski definition) is 2. The Bertz CT molecular complexity index is 645. The van der Waals surface area contributed by atoms with E-state index in [1.54, 1.807) is 36.9 Å². The molecule has 3 aromatic rings. The number of hydrogen-bond acceptors (Lipinski definition) is 4. The smallest absolute Gasteiger partial charge is 0.423 e. The molecule has 5 nitrogen and oxygen atoms in total. The van der Waals surface area contributed by atoms with E-state index in [2.05, 4.69) is 32.6 Å². The molecule has 0 spiro atoms. The number of nitrogens with zero attached hydrogens (tertiary/aromatic N) is 2. The van der Waals surface area contributed by atoms with Crippen molar-refractivity contribution in [3.63, 3.8) is 0 Å². The molecule has 0 amide bonds. The van der Waals surface area contributed by atoms with Gasteiger partial charge in [-0.25, -0.2) is 0 Å². The molecule has 0 atom stereocenters. The molecule has 0 fully saturated rings. The van der Waals surface area contributed by atoms with Crippen molar-refractivity contribution in [3.8, 4) is 11.1 Å². The second-order valence-corrected chi connectivity index (χ2v) is 5.64. The van der Waals surface area contributed by atoms with Crippen molar-refractivity contribution < 1.29 is 15.5 Å². The minimum Gasteiger partial charge on any atom is -0.423 e. The molecule has 0 radical (unpaired) electrons. The van der Waals surface area contributed by atoms with Gasteiger partial charge in [-0.15, -0.1) is 0 Å². The van der Waals surface area contributed by atoms with Gasteiger partial charge < -0.3 is 15.5 Å². The van der Waals surface area contributed by atoms with Crippen molar-refractivity contribution in [3.05, 3.63) is 76.9 Å². The minimum atomic E-state index is -1.35. The summed E-state index contributed by atoms with van der Waals surface area (Å²) in [5, 5.41) is 17.3. The first-order chi connectivity index (χ1) is 10.7. The van der Waals surface area contributed by atoms with E-state index in [4.69, 9.17) is 10.0 Å². The van der Waals surface area contributed by atoms with Crippen molar-refractivity contribution in [2.45, 2.75) is 0 Å². The molecular weight excluding hydrogens is 406 g/mol. The Morgan fingerprint density at radius 3 is 1.43 bits per heavy atom. The lowest BCUT2D eigenvalue weighted by molar-refractivity contribution is 0.426. The molecule has 2 aromatic heterocycles. The normalized spacial score (nSPS) is 9.17. The summed E-state index contributed by atoms with van der Waals surface area (Å²) in [5.74, 6) is 0. The van der Waals surface area contributed by atoms with Gasteiger partial charge in [0.25, 0.3) is 0 Å². The molecule has 0 aliphatic carbocycles. The van der Waals surface area contributed by atoms with E-state index >= 15 is 0 Å². The van der Waals surface area contributed by atoms with Crippen LogP contribution in [0.1, 0.15) is 0 Å². The van der Waals surface area contributed by atoms with Gasteiger partial charge in [0.05, 0.1) is 0 Å². The molecule has 1 aromatic carbocycles. The van der Waals surface area contributed by atoms with Crippen LogP contribution in [0.4, 0.5) is 0 Å². The number of benzene rings is 1. The first-order valence-corrected chi connectivity index (χ1v) is 7.67. The molecule has 0 saturated heterocycles. The summed E-state index contributed by atoms with van der Waals surface area (Å²) in [7, 11) is -1.35. The van der Waals surface area contributed by atoms with E-state index in [-0.39, 0.29) is 5.48 Å². The summed E-state index contributed by atoms with van der Waals surface area (Å²) in [5.41, 5.74) is 2.88. The maximum absolute atomic E-state index is 8.67. The van der Waals surface area contributed by atoms with E-state index in [1.165, 1.54) is 11.1 Å². The molecule has 7 heteroatoms. The Kier molecular flexibility index (Phi) is 8.42. The van der Waals surface area contributed by atoms with E-state index in [9.17, 15) is 0 Å². The highest BCUT2D eigenvalue weighted by molar-refractivity contribution is 14.1. The molecule has 0 saturated carbocycles. The summed E-state index contributed by atoms with van der Waals surface area (Å²) in [4.78, 5) is 7.91. The fraction of sp³-hybridized carbons (Fsp3) is 0. The SMILES string of the molecule is O.OB(O)c1ccc(I)cc1.c1cc(-c2ccncc2)ccn1. The van der Waals surface area contributed by atoms with Crippen LogP contribution in [0.3, 0.4) is 0 Å². The third-order valence-electron chi connectivity index (χ3n) is 2.86. The zero-order chi connectivity index (χ0) is 15.8. The predicted octanol–water partition coefficient (Wildman–Crippen LogP) is 1.29. The molecule has 3 rings (SSSR count). The Hall–Kier alpha value is -1.81. The van der Waals surface area contributed by atoms with Gasteiger partial charge in [0, 0.05) is 28.4 Å². The van der Waals surface area contributed by atoms with Crippen LogP contribution < -0.4 is 5.46 Å². The fourth-order valence-electron chi connectivity index (χ4n) is 1.72. The van der Waals surface area contributed by atoms with Gasteiger partial charge in [0.1, 0.15) is 0 Å². The highest BCUT2D eigenvalue weighted by atomic mass is 127. The molecule has 118 valence electrons. The first kappa shape index (κ1) is 19.2. The molecule has 0 unspecified atom stereocenters. The second-order valence-electron chi connectivity index (χ2n) is 4.40. The Morgan fingerprint density at radius 2 is 1.09 bits per heavy atom. The highest BCUT2D eigenvalue weighted by Gasteiger charge is 2.08. The standard InChI is InChI=1S/C10H8N2.C6H6BIO2.H2O/c1-5-11-6-2-9(1)10-3-7-12-8-4-10;8-6-3-1-5(2-4-6)7(9)10;/h1-8H;1-4,9-10H;1H2. The topological polar surface area (TPSA) is 97.7 Å². The van der Waals surface area contributed by atoms with Crippen LogP contribution >= 0.6 is 22.6 Å². The molecular formula is C16H16BIN2O3. The average molecular weight is 422 g/mol. The number of aromatic nitrogens is 2. The lowest BCUT2D eigenvalue weighted by Gasteiger charge is -1.97. The maximum Gasteiger partial charge on any atom is 0.488 e. The number of pyridine rings is 2. The van der Waals surface area contributed by atoms with Crippen molar-refractivity contribution >= 4 is 35.2 Å². The summed E-state index contributed by atoms with van der Waals surface area (Å²) in [6.45, 7) is 0. The van der Waals surface area contributed by atoms with Crippen LogP contribution in [0.15, 0.2) is 73.3 Å². The van der Waals surface area contributed by atoms with Gasteiger partial charge in [-0.2, -0.15) is 0 Å². The van der Waals surface area contributed by atoms with Crippen LogP contribution in [0.25, 0.3) is 11.1 Å². The third kappa shape index (κ3) is 6.45. The summed E-state index contributed by atoms with van der Waals surface area (Å²) >= 11 is 2.16. The Labute approximate surface area is 148 Å². The highest BCUT2D eigenvalue weighted by Crippen LogP contribution is 2.15. The summed E-state index contributed by atoms with van der Waals surface area (Å²) < 4.78 is 1.09. The first-order valence-electron chi connectivity index (χ1n) is 6.59. The minimum absolute atomic E-state index is 0. The van der Waals surface area contributed by atoms with Crippen LogP contribution in [0.2, 0.25) is 0 Å². The van der Waals surface area contributed by atoms with Gasteiger partial charge >= 0.3 is 7.12 Å². The Morgan fingerprint density at radius 1 is 0.696 bits per heavy atom. The molecule has 23 heavy (non-hydrogen) atoms.